The molecular formula is C18H17ClN2O. The minimum absolute atomic E-state index is 0.483. The SMILES string of the molecule is Cc1cccc(Cn2ncc(OCc3ccccc3)c2Cl)c1. The van der Waals surface area contributed by atoms with Crippen LogP contribution in [0.15, 0.2) is 60.8 Å². The number of nitrogens with zero attached hydrogens (tertiary/aromatic N) is 2. The van der Waals surface area contributed by atoms with E-state index in [0.29, 0.717) is 24.1 Å². The van der Waals surface area contributed by atoms with Crippen molar-refractivity contribution in [2.45, 2.75) is 20.1 Å². The molecular weight excluding hydrogens is 296 g/mol. The topological polar surface area (TPSA) is 27.1 Å². The van der Waals surface area contributed by atoms with Gasteiger partial charge in [-0.2, -0.15) is 5.10 Å². The zero-order valence-corrected chi connectivity index (χ0v) is 13.1. The predicted molar refractivity (Wildman–Crippen MR) is 88.3 cm³/mol. The van der Waals surface area contributed by atoms with Crippen LogP contribution in [0.3, 0.4) is 0 Å². The highest BCUT2D eigenvalue weighted by Gasteiger charge is 2.10. The lowest BCUT2D eigenvalue weighted by Crippen LogP contribution is -2.02. The maximum Gasteiger partial charge on any atom is 0.176 e. The van der Waals surface area contributed by atoms with Crippen molar-refractivity contribution in [2.24, 2.45) is 0 Å². The Kier molecular flexibility index (Phi) is 4.45. The molecule has 3 nitrogen and oxygen atoms in total. The lowest BCUT2D eigenvalue weighted by Gasteiger charge is -2.06. The van der Waals surface area contributed by atoms with Crippen LogP contribution in [0.2, 0.25) is 5.15 Å². The third-order valence-electron chi connectivity index (χ3n) is 3.40. The van der Waals surface area contributed by atoms with Gasteiger partial charge in [-0.25, -0.2) is 4.68 Å². The van der Waals surface area contributed by atoms with Crippen LogP contribution in [0, 0.1) is 6.92 Å². The van der Waals surface area contributed by atoms with Gasteiger partial charge in [0.15, 0.2) is 10.9 Å². The smallest absolute Gasteiger partial charge is 0.176 e. The van der Waals surface area contributed by atoms with E-state index in [0.717, 1.165) is 5.56 Å². The number of aryl methyl sites for hydroxylation is 1. The molecule has 0 saturated heterocycles. The first kappa shape index (κ1) is 14.7. The van der Waals surface area contributed by atoms with Crippen LogP contribution >= 0.6 is 11.6 Å². The number of hydrogen-bond donors (Lipinski definition) is 0. The molecule has 0 aliphatic carbocycles. The molecule has 0 fully saturated rings. The Bertz CT molecular complexity index is 753. The zero-order valence-electron chi connectivity index (χ0n) is 12.4. The largest absolute Gasteiger partial charge is 0.484 e. The predicted octanol–water partition coefficient (Wildman–Crippen LogP) is 4.47. The third-order valence-corrected chi connectivity index (χ3v) is 3.78. The van der Waals surface area contributed by atoms with E-state index in [-0.39, 0.29) is 0 Å². The Balaban J connectivity index is 1.69. The summed E-state index contributed by atoms with van der Waals surface area (Å²) >= 11 is 6.36. The first-order valence-electron chi connectivity index (χ1n) is 7.16. The van der Waals surface area contributed by atoms with Gasteiger partial charge < -0.3 is 4.74 Å². The molecule has 0 amide bonds. The average Bonchev–Trinajstić information content (AvgIpc) is 2.87. The van der Waals surface area contributed by atoms with Gasteiger partial charge in [-0.3, -0.25) is 0 Å². The molecule has 0 radical (unpaired) electrons. The summed E-state index contributed by atoms with van der Waals surface area (Å²) in [6, 6.07) is 18.3. The van der Waals surface area contributed by atoms with Crippen molar-refractivity contribution in [1.29, 1.82) is 0 Å². The fraction of sp³-hybridized carbons (Fsp3) is 0.167. The second kappa shape index (κ2) is 6.67. The van der Waals surface area contributed by atoms with Crippen molar-refractivity contribution in [3.8, 4) is 5.75 Å². The third kappa shape index (κ3) is 3.49. The summed E-state index contributed by atoms with van der Waals surface area (Å²) in [6.45, 7) is 3.19. The molecule has 0 unspecified atom stereocenters. The summed E-state index contributed by atoms with van der Waals surface area (Å²) < 4.78 is 7.50. The molecule has 0 atom stereocenters. The van der Waals surface area contributed by atoms with E-state index < -0.39 is 0 Å². The van der Waals surface area contributed by atoms with Gasteiger partial charge in [-0.05, 0) is 18.1 Å². The van der Waals surface area contributed by atoms with E-state index in [1.54, 1.807) is 10.9 Å². The van der Waals surface area contributed by atoms with Gasteiger partial charge >= 0.3 is 0 Å². The molecule has 2 aromatic carbocycles. The molecule has 0 spiro atoms. The lowest BCUT2D eigenvalue weighted by molar-refractivity contribution is 0.306. The van der Waals surface area contributed by atoms with Crippen molar-refractivity contribution >= 4 is 11.6 Å². The normalized spacial score (nSPS) is 10.6. The highest BCUT2D eigenvalue weighted by Crippen LogP contribution is 2.25. The molecule has 3 aromatic rings. The second-order valence-electron chi connectivity index (χ2n) is 5.22. The minimum Gasteiger partial charge on any atom is -0.484 e. The van der Waals surface area contributed by atoms with Gasteiger partial charge in [0.05, 0.1) is 12.7 Å². The van der Waals surface area contributed by atoms with E-state index in [2.05, 4.69) is 30.2 Å². The molecule has 3 rings (SSSR count). The van der Waals surface area contributed by atoms with E-state index in [1.165, 1.54) is 11.1 Å². The van der Waals surface area contributed by atoms with Crippen molar-refractivity contribution < 1.29 is 4.74 Å². The van der Waals surface area contributed by atoms with Crippen LogP contribution < -0.4 is 4.74 Å². The second-order valence-corrected chi connectivity index (χ2v) is 5.58. The van der Waals surface area contributed by atoms with Gasteiger partial charge in [0.2, 0.25) is 0 Å². The van der Waals surface area contributed by atoms with Crippen LogP contribution in [-0.4, -0.2) is 9.78 Å². The maximum absolute atomic E-state index is 6.36. The Hall–Kier alpha value is -2.26. The molecule has 0 aliphatic rings. The van der Waals surface area contributed by atoms with Gasteiger partial charge in [0.1, 0.15) is 6.61 Å². The summed E-state index contributed by atoms with van der Waals surface area (Å²) in [6.07, 6.45) is 1.67. The monoisotopic (exact) mass is 312 g/mol. The van der Waals surface area contributed by atoms with E-state index in [4.69, 9.17) is 16.3 Å². The first-order valence-corrected chi connectivity index (χ1v) is 7.54. The minimum atomic E-state index is 0.483. The number of ether oxygens (including phenoxy) is 1. The fourth-order valence-electron chi connectivity index (χ4n) is 2.28. The maximum atomic E-state index is 6.36. The summed E-state index contributed by atoms with van der Waals surface area (Å²) in [7, 11) is 0. The van der Waals surface area contributed by atoms with Crippen molar-refractivity contribution in [2.75, 3.05) is 0 Å². The van der Waals surface area contributed by atoms with Crippen LogP contribution in [0.1, 0.15) is 16.7 Å². The molecule has 1 aromatic heterocycles. The highest BCUT2D eigenvalue weighted by molar-refractivity contribution is 6.31. The van der Waals surface area contributed by atoms with Gasteiger partial charge in [0, 0.05) is 0 Å². The Morgan fingerprint density at radius 1 is 1.05 bits per heavy atom. The fourth-order valence-corrected chi connectivity index (χ4v) is 2.49. The summed E-state index contributed by atoms with van der Waals surface area (Å²) in [5.41, 5.74) is 3.49. The molecule has 4 heteroatoms. The van der Waals surface area contributed by atoms with E-state index in [9.17, 15) is 0 Å². The molecule has 1 heterocycles. The van der Waals surface area contributed by atoms with Gasteiger partial charge in [0.25, 0.3) is 0 Å². The van der Waals surface area contributed by atoms with Gasteiger partial charge in [-0.15, -0.1) is 0 Å². The number of halogens is 1. The van der Waals surface area contributed by atoms with E-state index in [1.807, 2.05) is 36.4 Å². The van der Waals surface area contributed by atoms with Crippen molar-refractivity contribution in [1.82, 2.24) is 9.78 Å². The lowest BCUT2D eigenvalue weighted by atomic mass is 10.1. The molecule has 0 saturated carbocycles. The Morgan fingerprint density at radius 2 is 1.82 bits per heavy atom. The number of hydrogen-bond acceptors (Lipinski definition) is 2. The Morgan fingerprint density at radius 3 is 2.59 bits per heavy atom. The van der Waals surface area contributed by atoms with Crippen LogP contribution in [0.4, 0.5) is 0 Å². The molecule has 112 valence electrons. The first-order chi connectivity index (χ1) is 10.7. The molecule has 0 aliphatic heterocycles. The number of aromatic nitrogens is 2. The molecule has 0 bridgehead atoms. The number of benzene rings is 2. The standard InChI is InChI=1S/C18H17ClN2O/c1-14-6-5-9-16(10-14)12-21-18(19)17(11-20-21)22-13-15-7-3-2-4-8-15/h2-11H,12-13H2,1H3. The average molecular weight is 313 g/mol. The highest BCUT2D eigenvalue weighted by atomic mass is 35.5. The zero-order chi connectivity index (χ0) is 15.4. The van der Waals surface area contributed by atoms with Crippen LogP contribution in [0.25, 0.3) is 0 Å². The number of rotatable bonds is 5. The van der Waals surface area contributed by atoms with Crippen LogP contribution in [0.5, 0.6) is 5.75 Å². The van der Waals surface area contributed by atoms with Crippen molar-refractivity contribution in [3.05, 3.63) is 82.6 Å². The molecule has 22 heavy (non-hydrogen) atoms. The van der Waals surface area contributed by atoms with Crippen molar-refractivity contribution in [3.63, 3.8) is 0 Å². The quantitative estimate of drug-likeness (QED) is 0.695. The van der Waals surface area contributed by atoms with Gasteiger partial charge in [-0.1, -0.05) is 71.8 Å². The summed E-state index contributed by atoms with van der Waals surface area (Å²) in [5, 5.41) is 4.84. The summed E-state index contributed by atoms with van der Waals surface area (Å²) in [4.78, 5) is 0. The molecule has 0 N–H and O–H groups in total. The van der Waals surface area contributed by atoms with Crippen LogP contribution in [-0.2, 0) is 13.2 Å². The summed E-state index contributed by atoms with van der Waals surface area (Å²) in [5.74, 6) is 0.609. The van der Waals surface area contributed by atoms with E-state index >= 15 is 0 Å². The Labute approximate surface area is 135 Å².